The van der Waals surface area contributed by atoms with Crippen LogP contribution in [0.5, 0.6) is 5.75 Å². The number of sulfonamides is 1. The van der Waals surface area contributed by atoms with Gasteiger partial charge in [0.05, 0.1) is 5.75 Å². The number of nitrogens with zero attached hydrogens (tertiary/aromatic N) is 1. The number of likely N-dealkylation sites (tertiary alicyclic amines) is 1. The zero-order valence-corrected chi connectivity index (χ0v) is 12.4. The lowest BCUT2D eigenvalue weighted by Gasteiger charge is -2.17. The molecule has 1 heterocycles. The van der Waals surface area contributed by atoms with E-state index in [9.17, 15) is 22.0 Å². The molecule has 1 atom stereocenters. The van der Waals surface area contributed by atoms with Crippen molar-refractivity contribution in [2.45, 2.75) is 19.6 Å². The van der Waals surface area contributed by atoms with E-state index in [1.807, 2.05) is 0 Å². The minimum absolute atomic E-state index is 0.0141. The maximum absolute atomic E-state index is 12.2. The SMILES string of the molecule is NS(=O)(=O)CC1CC(=O)N(Cc2cccc(OC(F)F)c2)C1. The highest BCUT2D eigenvalue weighted by atomic mass is 32.2. The molecule has 9 heteroatoms. The first-order valence-corrected chi connectivity index (χ1v) is 8.26. The Morgan fingerprint density at radius 2 is 2.14 bits per heavy atom. The van der Waals surface area contributed by atoms with Crippen LogP contribution in [0.3, 0.4) is 0 Å². The molecule has 1 aliphatic rings. The Labute approximate surface area is 126 Å². The molecule has 0 radical (unpaired) electrons. The number of ether oxygens (including phenoxy) is 1. The van der Waals surface area contributed by atoms with E-state index in [0.717, 1.165) is 0 Å². The molecule has 1 fully saturated rings. The van der Waals surface area contributed by atoms with Crippen molar-refractivity contribution >= 4 is 15.9 Å². The first-order chi connectivity index (χ1) is 10.2. The number of primary sulfonamides is 1. The van der Waals surface area contributed by atoms with Crippen LogP contribution in [0.25, 0.3) is 0 Å². The third-order valence-corrected chi connectivity index (χ3v) is 4.20. The molecule has 2 N–H and O–H groups in total. The number of halogens is 2. The van der Waals surface area contributed by atoms with Gasteiger partial charge in [0.1, 0.15) is 5.75 Å². The van der Waals surface area contributed by atoms with Crippen LogP contribution in [-0.4, -0.2) is 38.1 Å². The number of alkyl halides is 2. The molecule has 2 rings (SSSR count). The van der Waals surface area contributed by atoms with Gasteiger partial charge in [0.15, 0.2) is 0 Å². The largest absolute Gasteiger partial charge is 0.435 e. The summed E-state index contributed by atoms with van der Waals surface area (Å²) < 4.78 is 50.8. The normalized spacial score (nSPS) is 19.0. The number of hydrogen-bond acceptors (Lipinski definition) is 4. The molecule has 1 saturated heterocycles. The molecule has 22 heavy (non-hydrogen) atoms. The van der Waals surface area contributed by atoms with Crippen LogP contribution < -0.4 is 9.88 Å². The van der Waals surface area contributed by atoms with Crippen molar-refractivity contribution in [2.24, 2.45) is 11.1 Å². The van der Waals surface area contributed by atoms with E-state index >= 15 is 0 Å². The molecule has 1 unspecified atom stereocenters. The van der Waals surface area contributed by atoms with Gasteiger partial charge in [-0.2, -0.15) is 8.78 Å². The lowest BCUT2D eigenvalue weighted by Crippen LogP contribution is -2.27. The van der Waals surface area contributed by atoms with Crippen molar-refractivity contribution in [3.05, 3.63) is 29.8 Å². The number of carbonyl (C=O) groups is 1. The summed E-state index contributed by atoms with van der Waals surface area (Å²) >= 11 is 0. The van der Waals surface area contributed by atoms with Crippen LogP contribution in [0.1, 0.15) is 12.0 Å². The molecule has 0 aliphatic carbocycles. The van der Waals surface area contributed by atoms with Gasteiger partial charge in [0.25, 0.3) is 0 Å². The third kappa shape index (κ3) is 4.92. The van der Waals surface area contributed by atoms with Crippen LogP contribution in [-0.2, 0) is 21.4 Å². The lowest BCUT2D eigenvalue weighted by molar-refractivity contribution is -0.128. The molecule has 1 aliphatic heterocycles. The van der Waals surface area contributed by atoms with Gasteiger partial charge in [-0.15, -0.1) is 0 Å². The Bertz CT molecular complexity index is 651. The standard InChI is InChI=1S/C13H16F2N2O4S/c14-13(15)21-11-3-1-2-9(4-11)6-17-7-10(5-12(17)18)8-22(16,19)20/h1-4,10,13H,5-8H2,(H2,16,19,20). The van der Waals surface area contributed by atoms with E-state index < -0.39 is 16.6 Å². The van der Waals surface area contributed by atoms with Gasteiger partial charge in [0.2, 0.25) is 15.9 Å². The van der Waals surface area contributed by atoms with Crippen molar-refractivity contribution in [1.82, 2.24) is 4.90 Å². The fourth-order valence-electron chi connectivity index (χ4n) is 2.49. The molecule has 0 bridgehead atoms. The number of carbonyl (C=O) groups excluding carboxylic acids is 1. The Morgan fingerprint density at radius 1 is 1.41 bits per heavy atom. The first-order valence-electron chi connectivity index (χ1n) is 6.55. The summed E-state index contributed by atoms with van der Waals surface area (Å²) in [7, 11) is -3.63. The summed E-state index contributed by atoms with van der Waals surface area (Å²) in [5.74, 6) is -0.763. The van der Waals surface area contributed by atoms with Crippen LogP contribution >= 0.6 is 0 Å². The average molecular weight is 334 g/mol. The predicted octanol–water partition coefficient (Wildman–Crippen LogP) is 0.925. The van der Waals surface area contributed by atoms with E-state index in [1.54, 1.807) is 12.1 Å². The highest BCUT2D eigenvalue weighted by Gasteiger charge is 2.31. The van der Waals surface area contributed by atoms with Gasteiger partial charge in [-0.25, -0.2) is 13.6 Å². The van der Waals surface area contributed by atoms with Crippen LogP contribution in [0.4, 0.5) is 8.78 Å². The molecule has 1 aromatic rings. The number of hydrogen-bond donors (Lipinski definition) is 1. The van der Waals surface area contributed by atoms with Crippen molar-refractivity contribution in [3.63, 3.8) is 0 Å². The second kappa shape index (κ2) is 6.57. The predicted molar refractivity (Wildman–Crippen MR) is 74.6 cm³/mol. The topological polar surface area (TPSA) is 89.7 Å². The second-order valence-corrected chi connectivity index (χ2v) is 6.86. The molecule has 122 valence electrons. The summed E-state index contributed by atoms with van der Waals surface area (Å²) in [6.07, 6.45) is 0.115. The molecular formula is C13H16F2N2O4S. The lowest BCUT2D eigenvalue weighted by atomic mass is 10.1. The Balaban J connectivity index is 2.00. The molecule has 0 spiro atoms. The minimum Gasteiger partial charge on any atom is -0.435 e. The van der Waals surface area contributed by atoms with Gasteiger partial charge >= 0.3 is 6.61 Å². The smallest absolute Gasteiger partial charge is 0.387 e. The van der Waals surface area contributed by atoms with Crippen LogP contribution in [0.2, 0.25) is 0 Å². The summed E-state index contributed by atoms with van der Waals surface area (Å²) in [6, 6.07) is 6.05. The minimum atomic E-state index is -3.63. The summed E-state index contributed by atoms with van der Waals surface area (Å²) in [6.45, 7) is -2.43. The molecule has 6 nitrogen and oxygen atoms in total. The molecule has 0 aromatic heterocycles. The fourth-order valence-corrected chi connectivity index (χ4v) is 3.37. The maximum atomic E-state index is 12.2. The zero-order chi connectivity index (χ0) is 16.3. The monoisotopic (exact) mass is 334 g/mol. The van der Waals surface area contributed by atoms with Gasteiger partial charge in [-0.3, -0.25) is 4.79 Å². The van der Waals surface area contributed by atoms with E-state index in [2.05, 4.69) is 4.74 Å². The highest BCUT2D eigenvalue weighted by Crippen LogP contribution is 2.23. The van der Waals surface area contributed by atoms with Crippen LogP contribution in [0, 0.1) is 5.92 Å². The van der Waals surface area contributed by atoms with Crippen molar-refractivity contribution in [3.8, 4) is 5.75 Å². The number of rotatable bonds is 6. The van der Waals surface area contributed by atoms with Crippen molar-refractivity contribution in [2.75, 3.05) is 12.3 Å². The van der Waals surface area contributed by atoms with Crippen LogP contribution in [0.15, 0.2) is 24.3 Å². The third-order valence-electron chi connectivity index (χ3n) is 3.26. The number of benzene rings is 1. The quantitative estimate of drug-likeness (QED) is 0.838. The van der Waals surface area contributed by atoms with Crippen molar-refractivity contribution in [1.29, 1.82) is 0 Å². The fraction of sp³-hybridized carbons (Fsp3) is 0.462. The summed E-state index contributed by atoms with van der Waals surface area (Å²) in [5.41, 5.74) is 0.628. The van der Waals surface area contributed by atoms with Gasteiger partial charge in [-0.1, -0.05) is 12.1 Å². The van der Waals surface area contributed by atoms with E-state index in [1.165, 1.54) is 17.0 Å². The Hall–Kier alpha value is -1.74. The van der Waals surface area contributed by atoms with Gasteiger partial charge in [0, 0.05) is 25.4 Å². The Morgan fingerprint density at radius 3 is 2.77 bits per heavy atom. The van der Waals surface area contributed by atoms with E-state index in [4.69, 9.17) is 5.14 Å². The molecule has 1 amide bonds. The summed E-state index contributed by atoms with van der Waals surface area (Å²) in [4.78, 5) is 13.4. The summed E-state index contributed by atoms with van der Waals surface area (Å²) in [5, 5.41) is 4.98. The second-order valence-electron chi connectivity index (χ2n) is 5.20. The highest BCUT2D eigenvalue weighted by molar-refractivity contribution is 7.89. The number of amides is 1. The number of nitrogens with two attached hydrogens (primary N) is 1. The Kier molecular flexibility index (Phi) is 4.97. The van der Waals surface area contributed by atoms with Gasteiger partial charge < -0.3 is 9.64 Å². The maximum Gasteiger partial charge on any atom is 0.387 e. The van der Waals surface area contributed by atoms with Crippen molar-refractivity contribution < 1.29 is 26.7 Å². The average Bonchev–Trinajstić information content (AvgIpc) is 2.66. The molecule has 0 saturated carbocycles. The molecular weight excluding hydrogens is 318 g/mol. The van der Waals surface area contributed by atoms with E-state index in [-0.39, 0.29) is 42.8 Å². The zero-order valence-electron chi connectivity index (χ0n) is 11.6. The molecule has 1 aromatic carbocycles. The van der Waals surface area contributed by atoms with E-state index in [0.29, 0.717) is 5.56 Å². The van der Waals surface area contributed by atoms with Gasteiger partial charge in [-0.05, 0) is 17.7 Å². The first kappa shape index (κ1) is 16.6.